The number of unbranched alkanes of at least 4 members (excludes halogenated alkanes) is 3. The summed E-state index contributed by atoms with van der Waals surface area (Å²) in [7, 11) is 0. The molecule has 29 heavy (non-hydrogen) atoms. The third-order valence-electron chi connectivity index (χ3n) is 5.87. The number of H-pyrrole nitrogens is 1. The molecule has 0 spiro atoms. The molecule has 1 fully saturated rings. The molecule has 1 aromatic heterocycles. The lowest BCUT2D eigenvalue weighted by molar-refractivity contribution is 0.309. The quantitative estimate of drug-likeness (QED) is 0.416. The number of nitrogens with one attached hydrogen (secondary N) is 2. The fourth-order valence-corrected chi connectivity index (χ4v) is 4.31. The largest absolute Gasteiger partial charge is 0.383 e. The van der Waals surface area contributed by atoms with Crippen LogP contribution in [0, 0.1) is 5.92 Å². The molecule has 1 aromatic rings. The Hall–Kier alpha value is -1.83. The SMILES string of the molecule is CCCCCN(C(=S)N[C@H]1CCCC[C@@H]1C)c1c(N)n(CCCC)c(=O)[nH]c1=O. The predicted octanol–water partition coefficient (Wildman–Crippen LogP) is 3.37. The number of nitrogen functional groups attached to an aromatic ring is 1. The highest BCUT2D eigenvalue weighted by atomic mass is 32.1. The normalized spacial score (nSPS) is 19.1. The first kappa shape index (κ1) is 23.4. The van der Waals surface area contributed by atoms with Crippen molar-refractivity contribution >= 4 is 28.8 Å². The van der Waals surface area contributed by atoms with Gasteiger partial charge in [-0.05, 0) is 43.8 Å². The van der Waals surface area contributed by atoms with Crippen molar-refractivity contribution in [1.82, 2.24) is 14.9 Å². The third kappa shape index (κ3) is 6.07. The van der Waals surface area contributed by atoms with Gasteiger partial charge in [-0.15, -0.1) is 0 Å². The van der Waals surface area contributed by atoms with E-state index in [1.807, 2.05) is 4.90 Å². The van der Waals surface area contributed by atoms with E-state index >= 15 is 0 Å². The maximum Gasteiger partial charge on any atom is 0.330 e. The fraction of sp³-hybridized carbons (Fsp3) is 0.762. The highest BCUT2D eigenvalue weighted by molar-refractivity contribution is 7.80. The maximum absolute atomic E-state index is 12.7. The number of hydrogen-bond acceptors (Lipinski definition) is 4. The molecule has 7 nitrogen and oxygen atoms in total. The van der Waals surface area contributed by atoms with Crippen LogP contribution in [0.25, 0.3) is 0 Å². The van der Waals surface area contributed by atoms with Crippen molar-refractivity contribution in [2.45, 2.75) is 91.1 Å². The molecule has 4 N–H and O–H groups in total. The molecule has 2 rings (SSSR count). The van der Waals surface area contributed by atoms with Gasteiger partial charge in [0, 0.05) is 19.1 Å². The number of nitrogens with two attached hydrogens (primary N) is 1. The number of aromatic amines is 1. The highest BCUT2D eigenvalue weighted by Crippen LogP contribution is 2.25. The van der Waals surface area contributed by atoms with Gasteiger partial charge in [-0.3, -0.25) is 14.3 Å². The van der Waals surface area contributed by atoms with Crippen molar-refractivity contribution in [2.75, 3.05) is 17.2 Å². The Kier molecular flexibility index (Phi) is 9.20. The van der Waals surface area contributed by atoms with Crippen LogP contribution in [0.2, 0.25) is 0 Å². The molecule has 0 unspecified atom stereocenters. The lowest BCUT2D eigenvalue weighted by Gasteiger charge is -2.34. The van der Waals surface area contributed by atoms with Crippen LogP contribution in [0.5, 0.6) is 0 Å². The first-order valence-electron chi connectivity index (χ1n) is 11.1. The molecule has 0 aromatic carbocycles. The number of anilines is 2. The number of nitrogens with zero attached hydrogens (tertiary/aromatic N) is 2. The summed E-state index contributed by atoms with van der Waals surface area (Å²) in [6.07, 6.45) is 9.43. The van der Waals surface area contributed by atoms with Gasteiger partial charge in [-0.1, -0.05) is 52.9 Å². The summed E-state index contributed by atoms with van der Waals surface area (Å²) in [5, 5.41) is 4.01. The number of rotatable bonds is 9. The molecule has 0 saturated heterocycles. The topological polar surface area (TPSA) is 96.2 Å². The summed E-state index contributed by atoms with van der Waals surface area (Å²) in [6.45, 7) is 7.51. The summed E-state index contributed by atoms with van der Waals surface area (Å²) in [5.41, 5.74) is 5.70. The van der Waals surface area contributed by atoms with Gasteiger partial charge in [-0.25, -0.2) is 4.79 Å². The van der Waals surface area contributed by atoms with E-state index in [1.165, 1.54) is 23.8 Å². The Morgan fingerprint density at radius 2 is 1.90 bits per heavy atom. The smallest absolute Gasteiger partial charge is 0.330 e. The molecule has 1 aliphatic carbocycles. The zero-order valence-corrected chi connectivity index (χ0v) is 18.9. The molecule has 164 valence electrons. The molecular formula is C21H37N5O2S. The molecule has 8 heteroatoms. The maximum atomic E-state index is 12.7. The highest BCUT2D eigenvalue weighted by Gasteiger charge is 2.26. The van der Waals surface area contributed by atoms with Gasteiger partial charge in [0.15, 0.2) is 10.8 Å². The van der Waals surface area contributed by atoms with Gasteiger partial charge in [0.25, 0.3) is 5.56 Å². The summed E-state index contributed by atoms with van der Waals surface area (Å²) >= 11 is 5.74. The van der Waals surface area contributed by atoms with E-state index in [1.54, 1.807) is 0 Å². The minimum Gasteiger partial charge on any atom is -0.383 e. The van der Waals surface area contributed by atoms with Crippen molar-refractivity contribution in [3.63, 3.8) is 0 Å². The monoisotopic (exact) mass is 423 g/mol. The average Bonchev–Trinajstić information content (AvgIpc) is 2.68. The first-order valence-corrected chi connectivity index (χ1v) is 11.5. The van der Waals surface area contributed by atoms with Gasteiger partial charge >= 0.3 is 5.69 Å². The Labute approximate surface area is 179 Å². The summed E-state index contributed by atoms with van der Waals surface area (Å²) in [6, 6.07) is 0.302. The first-order chi connectivity index (χ1) is 13.9. The second-order valence-electron chi connectivity index (χ2n) is 8.17. The minimum absolute atomic E-state index is 0.199. The summed E-state index contributed by atoms with van der Waals surface area (Å²) in [5.74, 6) is 0.734. The molecule has 1 saturated carbocycles. The minimum atomic E-state index is -0.474. The van der Waals surface area contributed by atoms with E-state index in [9.17, 15) is 9.59 Å². The standard InChI is InChI=1S/C21H37N5O2S/c1-4-6-10-14-25(21(29)23-16-12-9-8-11-15(16)3)17-18(22)26(13-7-5-2)20(28)24-19(17)27/h15-16H,4-14,22H2,1-3H3,(H,23,29)(H,24,27,28)/t15-,16-/m0/s1. The van der Waals surface area contributed by atoms with Crippen molar-refractivity contribution in [2.24, 2.45) is 5.92 Å². The van der Waals surface area contributed by atoms with E-state index < -0.39 is 11.2 Å². The van der Waals surface area contributed by atoms with Crippen LogP contribution in [0.4, 0.5) is 11.5 Å². The molecule has 0 bridgehead atoms. The van der Waals surface area contributed by atoms with Crippen LogP contribution in [-0.2, 0) is 6.54 Å². The molecule has 0 radical (unpaired) electrons. The zero-order chi connectivity index (χ0) is 21.4. The van der Waals surface area contributed by atoms with Crippen LogP contribution >= 0.6 is 12.2 Å². The Morgan fingerprint density at radius 3 is 2.55 bits per heavy atom. The Bertz CT molecular complexity index is 788. The molecule has 0 amide bonds. The molecule has 0 aliphatic heterocycles. The van der Waals surface area contributed by atoms with Crippen LogP contribution in [0.1, 0.15) is 78.6 Å². The predicted molar refractivity (Wildman–Crippen MR) is 125 cm³/mol. The van der Waals surface area contributed by atoms with Gasteiger partial charge < -0.3 is 16.0 Å². The second kappa shape index (κ2) is 11.4. The van der Waals surface area contributed by atoms with Gasteiger partial charge in [0.05, 0.1) is 0 Å². The molecule has 1 aliphatic rings. The number of hydrogen-bond donors (Lipinski definition) is 3. The van der Waals surface area contributed by atoms with Crippen LogP contribution < -0.4 is 27.2 Å². The zero-order valence-electron chi connectivity index (χ0n) is 18.1. The molecule has 2 atom stereocenters. The van der Waals surface area contributed by atoms with Gasteiger partial charge in [-0.2, -0.15) is 0 Å². The molecule has 1 heterocycles. The van der Waals surface area contributed by atoms with Crippen LogP contribution in [0.15, 0.2) is 9.59 Å². The number of aromatic nitrogens is 2. The number of thiocarbonyl (C=S) groups is 1. The lowest BCUT2D eigenvalue weighted by atomic mass is 9.86. The fourth-order valence-electron chi connectivity index (χ4n) is 3.98. The summed E-state index contributed by atoms with van der Waals surface area (Å²) in [4.78, 5) is 29.3. The summed E-state index contributed by atoms with van der Waals surface area (Å²) < 4.78 is 1.46. The van der Waals surface area contributed by atoms with Crippen LogP contribution in [-0.4, -0.2) is 27.3 Å². The van der Waals surface area contributed by atoms with Gasteiger partial charge in [0.1, 0.15) is 5.82 Å². The Balaban J connectivity index is 2.36. The lowest BCUT2D eigenvalue weighted by Crippen LogP contribution is -2.50. The van der Waals surface area contributed by atoms with E-state index in [0.717, 1.165) is 38.5 Å². The molecular weight excluding hydrogens is 386 g/mol. The van der Waals surface area contributed by atoms with Crippen molar-refractivity contribution in [3.05, 3.63) is 20.8 Å². The Morgan fingerprint density at radius 1 is 1.21 bits per heavy atom. The van der Waals surface area contributed by atoms with Crippen LogP contribution in [0.3, 0.4) is 0 Å². The van der Waals surface area contributed by atoms with Crippen molar-refractivity contribution in [3.8, 4) is 0 Å². The van der Waals surface area contributed by atoms with Gasteiger partial charge in [0.2, 0.25) is 0 Å². The van der Waals surface area contributed by atoms with E-state index in [2.05, 4.69) is 31.1 Å². The average molecular weight is 424 g/mol. The van der Waals surface area contributed by atoms with E-state index in [0.29, 0.717) is 30.2 Å². The third-order valence-corrected chi connectivity index (χ3v) is 6.21. The second-order valence-corrected chi connectivity index (χ2v) is 8.56. The van der Waals surface area contributed by atoms with E-state index in [4.69, 9.17) is 18.0 Å². The van der Waals surface area contributed by atoms with E-state index in [-0.39, 0.29) is 11.5 Å². The van der Waals surface area contributed by atoms with Crippen molar-refractivity contribution < 1.29 is 0 Å². The van der Waals surface area contributed by atoms with Crippen molar-refractivity contribution in [1.29, 1.82) is 0 Å².